The fourth-order valence-corrected chi connectivity index (χ4v) is 4.82. The lowest BCUT2D eigenvalue weighted by Crippen LogP contribution is -2.44. The Labute approximate surface area is 186 Å². The minimum atomic E-state index is -0.448. The third-order valence-corrected chi connectivity index (χ3v) is 6.77. The van der Waals surface area contributed by atoms with E-state index in [1.165, 1.54) is 0 Å². The number of rotatable bonds is 6. The van der Waals surface area contributed by atoms with Crippen molar-refractivity contribution in [3.05, 3.63) is 68.9 Å². The van der Waals surface area contributed by atoms with Gasteiger partial charge in [0, 0.05) is 30.9 Å². The van der Waals surface area contributed by atoms with Gasteiger partial charge in [0.1, 0.15) is 12.4 Å². The Kier molecular flexibility index (Phi) is 5.17. The monoisotopic (exact) mass is 435 g/mol. The first-order valence-corrected chi connectivity index (χ1v) is 11.2. The van der Waals surface area contributed by atoms with Gasteiger partial charge in [0.05, 0.1) is 10.9 Å². The van der Waals surface area contributed by atoms with Crippen molar-refractivity contribution in [2.24, 2.45) is 11.7 Å². The molecule has 8 heteroatoms. The van der Waals surface area contributed by atoms with Crippen LogP contribution in [0.5, 0.6) is 5.75 Å². The number of aryl methyl sites for hydroxylation is 1. The van der Waals surface area contributed by atoms with E-state index in [0.717, 1.165) is 54.0 Å². The summed E-state index contributed by atoms with van der Waals surface area (Å²) in [5.74, 6) is 6.91. The highest BCUT2D eigenvalue weighted by atomic mass is 16.5. The van der Waals surface area contributed by atoms with Crippen molar-refractivity contribution in [3.8, 4) is 5.75 Å². The van der Waals surface area contributed by atoms with Gasteiger partial charge in [-0.2, -0.15) is 4.68 Å². The molecular weight excluding hydrogens is 406 g/mol. The number of para-hydroxylation sites is 1. The second kappa shape index (κ2) is 8.02. The molecule has 5 rings (SSSR count). The number of aromatic nitrogens is 2. The molecular formula is C24H29N5O3. The maximum absolute atomic E-state index is 12.8. The van der Waals surface area contributed by atoms with Crippen molar-refractivity contribution < 1.29 is 4.74 Å². The number of nitrogens with zero attached hydrogens (tertiary/aromatic N) is 3. The Morgan fingerprint density at radius 2 is 1.84 bits per heavy atom. The van der Waals surface area contributed by atoms with E-state index in [1.54, 1.807) is 10.6 Å². The zero-order valence-corrected chi connectivity index (χ0v) is 18.2. The first-order valence-electron chi connectivity index (χ1n) is 11.2. The lowest BCUT2D eigenvalue weighted by atomic mass is 10.0. The van der Waals surface area contributed by atoms with E-state index in [9.17, 15) is 9.59 Å². The zero-order valence-electron chi connectivity index (χ0n) is 18.2. The fourth-order valence-electron chi connectivity index (χ4n) is 4.82. The van der Waals surface area contributed by atoms with Crippen molar-refractivity contribution in [3.63, 3.8) is 0 Å². The smallest absolute Gasteiger partial charge is 0.350 e. The van der Waals surface area contributed by atoms with Gasteiger partial charge in [-0.3, -0.25) is 9.36 Å². The van der Waals surface area contributed by atoms with Crippen molar-refractivity contribution in [2.45, 2.75) is 38.3 Å². The van der Waals surface area contributed by atoms with E-state index < -0.39 is 11.2 Å². The number of ether oxygens (including phenoxy) is 1. The first kappa shape index (κ1) is 20.6. The first-order chi connectivity index (χ1) is 15.5. The molecule has 2 aromatic carbocycles. The van der Waals surface area contributed by atoms with Crippen molar-refractivity contribution in [1.82, 2.24) is 9.24 Å². The molecule has 1 aromatic heterocycles. The minimum Gasteiger partial charge on any atom is -0.492 e. The average molecular weight is 436 g/mol. The molecule has 0 spiro atoms. The van der Waals surface area contributed by atoms with Crippen LogP contribution < -0.4 is 32.5 Å². The number of nitrogen functional groups attached to an aromatic ring is 1. The Bertz CT molecular complexity index is 1260. The number of hydrogen-bond donors (Lipinski definition) is 2. The fraction of sp³-hybridized carbons (Fsp3) is 0.417. The number of hydrogen-bond acceptors (Lipinski definition) is 6. The third kappa shape index (κ3) is 3.54. The van der Waals surface area contributed by atoms with Crippen LogP contribution in [0, 0.1) is 12.8 Å². The quantitative estimate of drug-likeness (QED) is 0.571. The van der Waals surface area contributed by atoms with Gasteiger partial charge in [-0.1, -0.05) is 18.2 Å². The summed E-state index contributed by atoms with van der Waals surface area (Å²) in [4.78, 5) is 27.7. The Morgan fingerprint density at radius 1 is 1.09 bits per heavy atom. The average Bonchev–Trinajstić information content (AvgIpc) is 3.52. The number of benzene rings is 2. The molecule has 32 heavy (non-hydrogen) atoms. The second-order valence-corrected chi connectivity index (χ2v) is 8.95. The lowest BCUT2D eigenvalue weighted by molar-refractivity contribution is 0.253. The van der Waals surface area contributed by atoms with Crippen LogP contribution in [0.15, 0.2) is 52.1 Å². The van der Waals surface area contributed by atoms with Crippen molar-refractivity contribution >= 4 is 16.6 Å². The topological polar surface area (TPSA) is 109 Å². The van der Waals surface area contributed by atoms with Crippen LogP contribution in [0.25, 0.3) is 10.9 Å². The summed E-state index contributed by atoms with van der Waals surface area (Å²) in [6.07, 6.45) is 2.83. The highest BCUT2D eigenvalue weighted by molar-refractivity contribution is 5.87. The Balaban J connectivity index is 1.40. The Hall–Kier alpha value is -3.26. The molecule has 0 bridgehead atoms. The highest BCUT2D eigenvalue weighted by Crippen LogP contribution is 2.38. The Morgan fingerprint density at radius 3 is 2.56 bits per heavy atom. The molecule has 1 saturated carbocycles. The van der Waals surface area contributed by atoms with Gasteiger partial charge in [0.2, 0.25) is 0 Å². The molecule has 2 fully saturated rings. The molecule has 0 unspecified atom stereocenters. The molecule has 2 heterocycles. The van der Waals surface area contributed by atoms with Crippen LogP contribution in [0.1, 0.15) is 30.9 Å². The molecule has 0 amide bonds. The van der Waals surface area contributed by atoms with E-state index in [4.69, 9.17) is 16.3 Å². The highest BCUT2D eigenvalue weighted by Gasteiger charge is 2.32. The van der Waals surface area contributed by atoms with E-state index >= 15 is 0 Å². The van der Waals surface area contributed by atoms with Crippen LogP contribution in [0.3, 0.4) is 0 Å². The molecule has 168 valence electrons. The third-order valence-electron chi connectivity index (χ3n) is 6.77. The van der Waals surface area contributed by atoms with Crippen LogP contribution in [0.2, 0.25) is 0 Å². The van der Waals surface area contributed by atoms with Gasteiger partial charge in [-0.15, -0.1) is 0 Å². The summed E-state index contributed by atoms with van der Waals surface area (Å²) in [5, 5.41) is 0.490. The zero-order chi connectivity index (χ0) is 22.4. The van der Waals surface area contributed by atoms with Gasteiger partial charge in [0.25, 0.3) is 5.56 Å². The molecule has 3 aromatic rings. The van der Waals surface area contributed by atoms with E-state index in [0.29, 0.717) is 23.4 Å². The predicted octanol–water partition coefficient (Wildman–Crippen LogP) is 1.75. The summed E-state index contributed by atoms with van der Waals surface area (Å²) in [7, 11) is 0. The molecule has 4 N–H and O–H groups in total. The second-order valence-electron chi connectivity index (χ2n) is 8.95. The van der Waals surface area contributed by atoms with Crippen molar-refractivity contribution in [2.75, 3.05) is 30.4 Å². The van der Waals surface area contributed by atoms with E-state index in [2.05, 4.69) is 4.90 Å². The van der Waals surface area contributed by atoms with Crippen LogP contribution >= 0.6 is 0 Å². The summed E-state index contributed by atoms with van der Waals surface area (Å²) in [6, 6.07) is 13.5. The van der Waals surface area contributed by atoms with Gasteiger partial charge < -0.3 is 21.2 Å². The van der Waals surface area contributed by atoms with Crippen LogP contribution in [-0.4, -0.2) is 35.0 Å². The summed E-state index contributed by atoms with van der Waals surface area (Å²) < 4.78 is 8.30. The van der Waals surface area contributed by atoms with Gasteiger partial charge in [0.15, 0.2) is 0 Å². The largest absolute Gasteiger partial charge is 0.492 e. The molecule has 1 aliphatic carbocycles. The van der Waals surface area contributed by atoms with E-state index in [-0.39, 0.29) is 12.1 Å². The lowest BCUT2D eigenvalue weighted by Gasteiger charge is -2.25. The van der Waals surface area contributed by atoms with E-state index in [1.807, 2.05) is 43.3 Å². The normalized spacial score (nSPS) is 19.4. The summed E-state index contributed by atoms with van der Waals surface area (Å²) in [5.41, 5.74) is 8.28. The molecule has 2 aliphatic rings. The van der Waals surface area contributed by atoms with Crippen molar-refractivity contribution in [1.29, 1.82) is 0 Å². The molecule has 2 atom stereocenters. The maximum atomic E-state index is 12.8. The molecule has 1 aliphatic heterocycles. The SMILES string of the molecule is Cc1c(N2CC[C@@H]([C@H](N)COc3ccccc3)C2)ccc2c(=O)n(N)c(=O)n(C3CC3)c12. The number of nitrogens with two attached hydrogens (primary N) is 2. The maximum Gasteiger partial charge on any atom is 0.350 e. The van der Waals surface area contributed by atoms with Crippen LogP contribution in [0.4, 0.5) is 5.69 Å². The predicted molar refractivity (Wildman–Crippen MR) is 126 cm³/mol. The summed E-state index contributed by atoms with van der Waals surface area (Å²) in [6.45, 7) is 4.14. The number of fused-ring (bicyclic) bond motifs is 1. The standard InChI is InChI=1S/C24H29N5O3/c1-15-21(10-9-19-22(15)28(17-7-8-17)24(31)29(26)23(19)30)27-12-11-16(13-27)20(25)14-32-18-5-3-2-4-6-18/h2-6,9-10,16-17,20H,7-8,11-14,25-26H2,1H3/t16-,20-/m1/s1. The minimum absolute atomic E-state index is 0.0740. The molecule has 0 radical (unpaired) electrons. The molecule has 8 nitrogen and oxygen atoms in total. The van der Waals surface area contributed by atoms with Crippen LogP contribution in [-0.2, 0) is 0 Å². The van der Waals surface area contributed by atoms with Gasteiger partial charge in [-0.05, 0) is 61.9 Å². The van der Waals surface area contributed by atoms with Gasteiger partial charge in [-0.25, -0.2) is 4.79 Å². The summed E-state index contributed by atoms with van der Waals surface area (Å²) >= 11 is 0. The number of anilines is 1. The molecule has 1 saturated heterocycles. The van der Waals surface area contributed by atoms with Gasteiger partial charge >= 0.3 is 5.69 Å².